The van der Waals surface area contributed by atoms with Crippen molar-refractivity contribution in [2.24, 2.45) is 5.41 Å². The molecule has 3 N–H and O–H groups in total. The molecule has 0 saturated carbocycles. The van der Waals surface area contributed by atoms with Crippen LogP contribution in [0, 0.1) is 5.41 Å². The highest BCUT2D eigenvalue weighted by Crippen LogP contribution is 2.35. The summed E-state index contributed by atoms with van der Waals surface area (Å²) in [6.45, 7) is 7.87. The number of carbonyl (C=O) groups is 1. The molecule has 2 saturated heterocycles. The number of H-pyrrole nitrogens is 1. The molecule has 4 atom stereocenters. The van der Waals surface area contributed by atoms with Crippen molar-refractivity contribution in [3.8, 4) is 11.3 Å². The minimum Gasteiger partial charge on any atom is -0.393 e. The Hall–Kier alpha value is -3.68. The van der Waals surface area contributed by atoms with E-state index in [1.807, 2.05) is 36.4 Å². The zero-order chi connectivity index (χ0) is 27.9. The van der Waals surface area contributed by atoms with Gasteiger partial charge in [-0.25, -0.2) is 0 Å². The fraction of sp³-hybridized carbons (Fsp3) is 0.394. The number of hydrogen-bond acceptors (Lipinski definition) is 5. The standard InChI is InChI=1S/C33H38N4O3/c1-33(2,3)18-30(21-7-5-4-6-8-21)34-32(39)23-11-14-29-28(15-23)31(36-35-29)22-9-12-24(13-10-22)37-25-16-27(38)17-26(37)20-40-19-25/h4-15,25-27,30,38H,16-20H2,1-3H3,(H,34,39)(H,35,36)/t25-,26+,27?,30-/m0/s1. The van der Waals surface area contributed by atoms with Crippen molar-refractivity contribution in [1.29, 1.82) is 0 Å². The first-order valence-electron chi connectivity index (χ1n) is 14.2. The third kappa shape index (κ3) is 5.49. The van der Waals surface area contributed by atoms with Crippen molar-refractivity contribution in [3.05, 3.63) is 83.9 Å². The van der Waals surface area contributed by atoms with Gasteiger partial charge in [-0.15, -0.1) is 0 Å². The van der Waals surface area contributed by atoms with Crippen LogP contribution in [0.25, 0.3) is 22.2 Å². The fourth-order valence-corrected chi connectivity index (χ4v) is 6.27. The van der Waals surface area contributed by atoms with Crippen LogP contribution in [0.4, 0.5) is 5.69 Å². The second-order valence-corrected chi connectivity index (χ2v) is 12.5. The summed E-state index contributed by atoms with van der Waals surface area (Å²) in [6, 6.07) is 24.6. The maximum atomic E-state index is 13.5. The molecule has 0 spiro atoms. The Bertz CT molecular complexity index is 1460. The number of carbonyl (C=O) groups excluding carboxylic acids is 1. The largest absolute Gasteiger partial charge is 0.393 e. The van der Waals surface area contributed by atoms with Crippen LogP contribution < -0.4 is 10.2 Å². The number of benzene rings is 3. The molecule has 2 aliphatic rings. The molecular weight excluding hydrogens is 500 g/mol. The number of anilines is 1. The molecule has 0 radical (unpaired) electrons. The quantitative estimate of drug-likeness (QED) is 0.286. The van der Waals surface area contributed by atoms with E-state index in [-0.39, 0.29) is 35.6 Å². The van der Waals surface area contributed by atoms with Crippen LogP contribution in [0.1, 0.15) is 62.0 Å². The number of ether oxygens (including phenoxy) is 1. The van der Waals surface area contributed by atoms with Crippen LogP contribution in [-0.4, -0.2) is 52.6 Å². The average molecular weight is 539 g/mol. The predicted molar refractivity (Wildman–Crippen MR) is 158 cm³/mol. The SMILES string of the molecule is CC(C)(C)C[C@H](NC(=O)c1ccc2[nH]nc(-c3ccc(N4[C@@H]5COC[C@H]4CC(O)C5)cc3)c2c1)c1ccccc1. The summed E-state index contributed by atoms with van der Waals surface area (Å²) in [6.07, 6.45) is 2.03. The van der Waals surface area contributed by atoms with Gasteiger partial charge in [-0.3, -0.25) is 9.89 Å². The highest BCUT2D eigenvalue weighted by molar-refractivity contribution is 6.01. The van der Waals surface area contributed by atoms with Gasteiger partial charge in [0, 0.05) is 22.2 Å². The van der Waals surface area contributed by atoms with Gasteiger partial charge < -0.3 is 20.1 Å². The average Bonchev–Trinajstić information content (AvgIpc) is 3.35. The van der Waals surface area contributed by atoms with Gasteiger partial charge in [-0.2, -0.15) is 5.10 Å². The highest BCUT2D eigenvalue weighted by atomic mass is 16.5. The number of aromatic amines is 1. The summed E-state index contributed by atoms with van der Waals surface area (Å²) in [5.41, 5.74) is 5.61. The first kappa shape index (κ1) is 26.5. The van der Waals surface area contributed by atoms with E-state index in [1.165, 1.54) is 0 Å². The number of morpholine rings is 1. The molecule has 7 heteroatoms. The van der Waals surface area contributed by atoms with Gasteiger partial charge in [-0.05, 0) is 60.6 Å². The van der Waals surface area contributed by atoms with Crippen molar-refractivity contribution in [2.45, 2.75) is 64.3 Å². The Morgan fingerprint density at radius 1 is 1.05 bits per heavy atom. The molecule has 1 amide bonds. The van der Waals surface area contributed by atoms with E-state index in [1.54, 1.807) is 0 Å². The van der Waals surface area contributed by atoms with Gasteiger partial charge in [-0.1, -0.05) is 63.2 Å². The number of piperidine rings is 1. The molecule has 2 bridgehead atoms. The summed E-state index contributed by atoms with van der Waals surface area (Å²) in [5, 5.41) is 22.2. The number of nitrogens with one attached hydrogen (secondary N) is 2. The molecule has 40 heavy (non-hydrogen) atoms. The smallest absolute Gasteiger partial charge is 0.251 e. The second kappa shape index (κ2) is 10.7. The van der Waals surface area contributed by atoms with Gasteiger partial charge in [0.05, 0.1) is 48.7 Å². The molecule has 208 valence electrons. The molecule has 1 unspecified atom stereocenters. The molecule has 2 aliphatic heterocycles. The monoisotopic (exact) mass is 538 g/mol. The molecule has 3 heterocycles. The lowest BCUT2D eigenvalue weighted by molar-refractivity contribution is 0.00124. The second-order valence-electron chi connectivity index (χ2n) is 12.5. The molecule has 7 nitrogen and oxygen atoms in total. The third-order valence-corrected chi connectivity index (χ3v) is 8.08. The van der Waals surface area contributed by atoms with Gasteiger partial charge in [0.1, 0.15) is 0 Å². The van der Waals surface area contributed by atoms with Crippen LogP contribution in [0.15, 0.2) is 72.8 Å². The van der Waals surface area contributed by atoms with Crippen molar-refractivity contribution in [1.82, 2.24) is 15.5 Å². The topological polar surface area (TPSA) is 90.5 Å². The summed E-state index contributed by atoms with van der Waals surface area (Å²) in [4.78, 5) is 15.9. The van der Waals surface area contributed by atoms with Crippen molar-refractivity contribution in [2.75, 3.05) is 18.1 Å². The fourth-order valence-electron chi connectivity index (χ4n) is 6.27. The number of aromatic nitrogens is 2. The zero-order valence-electron chi connectivity index (χ0n) is 23.4. The van der Waals surface area contributed by atoms with Crippen LogP contribution >= 0.6 is 0 Å². The Morgan fingerprint density at radius 3 is 2.42 bits per heavy atom. The van der Waals surface area contributed by atoms with Crippen LogP contribution in [0.5, 0.6) is 0 Å². The Labute approximate surface area is 235 Å². The maximum absolute atomic E-state index is 13.5. The molecule has 4 aromatic rings. The molecule has 2 fully saturated rings. The van der Waals surface area contributed by atoms with E-state index in [9.17, 15) is 9.90 Å². The van der Waals surface area contributed by atoms with Crippen molar-refractivity contribution < 1.29 is 14.6 Å². The van der Waals surface area contributed by atoms with Gasteiger partial charge >= 0.3 is 0 Å². The Kier molecular flexibility index (Phi) is 7.11. The van der Waals surface area contributed by atoms with Crippen molar-refractivity contribution >= 4 is 22.5 Å². The number of aliphatic hydroxyl groups is 1. The van der Waals surface area contributed by atoms with E-state index in [2.05, 4.69) is 77.6 Å². The first-order valence-corrected chi connectivity index (χ1v) is 14.2. The molecule has 1 aromatic heterocycles. The zero-order valence-corrected chi connectivity index (χ0v) is 23.4. The predicted octanol–water partition coefficient (Wildman–Crippen LogP) is 5.87. The number of hydrogen-bond donors (Lipinski definition) is 3. The lowest BCUT2D eigenvalue weighted by atomic mass is 9.85. The lowest BCUT2D eigenvalue weighted by Gasteiger charge is -2.48. The number of nitrogens with zero attached hydrogens (tertiary/aromatic N) is 2. The minimum atomic E-state index is -0.257. The third-order valence-electron chi connectivity index (χ3n) is 8.08. The summed E-state index contributed by atoms with van der Waals surface area (Å²) in [5.74, 6) is -0.0939. The highest BCUT2D eigenvalue weighted by Gasteiger charge is 2.38. The minimum absolute atomic E-state index is 0.0569. The Morgan fingerprint density at radius 2 is 1.75 bits per heavy atom. The van der Waals surface area contributed by atoms with E-state index in [0.29, 0.717) is 18.8 Å². The normalized spacial score (nSPS) is 21.8. The van der Waals surface area contributed by atoms with Gasteiger partial charge in [0.25, 0.3) is 5.91 Å². The van der Waals surface area contributed by atoms with E-state index < -0.39 is 0 Å². The number of aliphatic hydroxyl groups excluding tert-OH is 1. The molecular formula is C33H38N4O3. The van der Waals surface area contributed by atoms with Crippen LogP contribution in [0.2, 0.25) is 0 Å². The van der Waals surface area contributed by atoms with E-state index >= 15 is 0 Å². The molecule has 0 aliphatic carbocycles. The van der Waals surface area contributed by atoms with Gasteiger partial charge in [0.2, 0.25) is 0 Å². The Balaban J connectivity index is 1.25. The van der Waals surface area contributed by atoms with Gasteiger partial charge in [0.15, 0.2) is 0 Å². The summed E-state index contributed by atoms with van der Waals surface area (Å²) >= 11 is 0. The number of fused-ring (bicyclic) bond motifs is 3. The summed E-state index contributed by atoms with van der Waals surface area (Å²) in [7, 11) is 0. The maximum Gasteiger partial charge on any atom is 0.251 e. The molecule has 3 aromatic carbocycles. The van der Waals surface area contributed by atoms with Crippen molar-refractivity contribution in [3.63, 3.8) is 0 Å². The summed E-state index contributed by atoms with van der Waals surface area (Å²) < 4.78 is 5.77. The van der Waals surface area contributed by atoms with E-state index in [4.69, 9.17) is 4.74 Å². The first-order chi connectivity index (χ1) is 19.2. The number of rotatable bonds is 6. The van der Waals surface area contributed by atoms with Crippen LogP contribution in [0.3, 0.4) is 0 Å². The van der Waals surface area contributed by atoms with Crippen LogP contribution in [-0.2, 0) is 4.74 Å². The lowest BCUT2D eigenvalue weighted by Crippen LogP contribution is -2.58. The molecule has 6 rings (SSSR count). The number of amides is 1. The van der Waals surface area contributed by atoms with E-state index in [0.717, 1.165) is 52.7 Å².